The van der Waals surface area contributed by atoms with E-state index in [0.717, 1.165) is 23.1 Å². The van der Waals surface area contributed by atoms with Gasteiger partial charge in [-0.25, -0.2) is 0 Å². The number of nitrogens with one attached hydrogen (secondary N) is 1. The molecule has 1 aliphatic rings. The van der Waals surface area contributed by atoms with E-state index < -0.39 is 0 Å². The summed E-state index contributed by atoms with van der Waals surface area (Å²) in [5, 5.41) is 3.14. The molecule has 0 spiro atoms. The van der Waals surface area contributed by atoms with Gasteiger partial charge in [-0.05, 0) is 23.8 Å². The maximum atomic E-state index is 5.84. The molecule has 83 valence electrons. The number of hydrogen-bond acceptors (Lipinski definition) is 2. The zero-order chi connectivity index (χ0) is 11.5. The molecule has 2 aromatic rings. The average Bonchev–Trinajstić information content (AvgIpc) is 2.40. The minimum Gasteiger partial charge on any atom is -0.457 e. The molecule has 0 aliphatic carbocycles. The summed E-state index contributed by atoms with van der Waals surface area (Å²) in [6, 6.07) is 17.9. The smallest absolute Gasteiger partial charge is 0.270 e. The SMILES string of the molecule is C1=Cc2ccccc2[C](Oc2ccccc2)N1. The van der Waals surface area contributed by atoms with Gasteiger partial charge >= 0.3 is 0 Å². The lowest BCUT2D eigenvalue weighted by Crippen LogP contribution is -2.25. The van der Waals surface area contributed by atoms with Crippen molar-refractivity contribution in [2.75, 3.05) is 0 Å². The third-order valence-electron chi connectivity index (χ3n) is 2.65. The fraction of sp³-hybridized carbons (Fsp3) is 0. The van der Waals surface area contributed by atoms with E-state index in [1.54, 1.807) is 0 Å². The first kappa shape index (κ1) is 9.97. The molecular weight excluding hydrogens is 210 g/mol. The standard InChI is InChI=1S/C15H12NO/c1-2-7-13(8-3-1)17-15-14-9-5-4-6-12(14)10-11-16-15/h1-11,16H. The van der Waals surface area contributed by atoms with Crippen molar-refractivity contribution < 1.29 is 4.74 Å². The molecule has 17 heavy (non-hydrogen) atoms. The van der Waals surface area contributed by atoms with Gasteiger partial charge in [0.2, 0.25) is 0 Å². The van der Waals surface area contributed by atoms with Gasteiger partial charge in [-0.2, -0.15) is 0 Å². The Kier molecular flexibility index (Phi) is 2.54. The largest absolute Gasteiger partial charge is 0.457 e. The van der Waals surface area contributed by atoms with Crippen LogP contribution in [0.5, 0.6) is 5.75 Å². The van der Waals surface area contributed by atoms with Crippen LogP contribution in [-0.2, 0) is 0 Å². The first-order chi connectivity index (χ1) is 8.43. The molecular formula is C15H12NO. The average molecular weight is 222 g/mol. The molecule has 1 heterocycles. The predicted molar refractivity (Wildman–Crippen MR) is 68.0 cm³/mol. The van der Waals surface area contributed by atoms with Crippen LogP contribution in [0.25, 0.3) is 6.08 Å². The number of rotatable bonds is 2. The quantitative estimate of drug-likeness (QED) is 0.842. The molecule has 2 aromatic carbocycles. The van der Waals surface area contributed by atoms with Gasteiger partial charge in [0, 0.05) is 11.8 Å². The lowest BCUT2D eigenvalue weighted by Gasteiger charge is -2.22. The van der Waals surface area contributed by atoms with Crippen LogP contribution in [0.3, 0.4) is 0 Å². The maximum absolute atomic E-state index is 5.84. The summed E-state index contributed by atoms with van der Waals surface area (Å²) in [7, 11) is 0. The summed E-state index contributed by atoms with van der Waals surface area (Å²) in [6.07, 6.45) is 4.70. The third-order valence-corrected chi connectivity index (χ3v) is 2.65. The fourth-order valence-corrected chi connectivity index (χ4v) is 1.82. The number of ether oxygens (including phenoxy) is 1. The van der Waals surface area contributed by atoms with Gasteiger partial charge in [-0.1, -0.05) is 42.5 Å². The summed E-state index contributed by atoms with van der Waals surface area (Å²) < 4.78 is 5.84. The first-order valence-corrected chi connectivity index (χ1v) is 5.56. The van der Waals surface area contributed by atoms with E-state index in [1.165, 1.54) is 0 Å². The highest BCUT2D eigenvalue weighted by Gasteiger charge is 2.19. The highest BCUT2D eigenvalue weighted by molar-refractivity contribution is 5.60. The van der Waals surface area contributed by atoms with Gasteiger partial charge in [-0.3, -0.25) is 0 Å². The molecule has 2 heteroatoms. The molecule has 0 unspecified atom stereocenters. The molecule has 1 aliphatic heterocycles. The summed E-state index contributed by atoms with van der Waals surface area (Å²) in [5.41, 5.74) is 2.25. The van der Waals surface area contributed by atoms with Crippen LogP contribution >= 0.6 is 0 Å². The van der Waals surface area contributed by atoms with Crippen LogP contribution in [0, 0.1) is 6.23 Å². The Bertz CT molecular complexity index is 534. The molecule has 0 aromatic heterocycles. The second-order valence-electron chi connectivity index (χ2n) is 3.81. The number of benzene rings is 2. The fourth-order valence-electron chi connectivity index (χ4n) is 1.82. The van der Waals surface area contributed by atoms with Crippen molar-refractivity contribution in [1.29, 1.82) is 0 Å². The van der Waals surface area contributed by atoms with E-state index in [9.17, 15) is 0 Å². The van der Waals surface area contributed by atoms with Crippen molar-refractivity contribution in [1.82, 2.24) is 5.32 Å². The molecule has 0 saturated heterocycles. The molecule has 0 amide bonds. The van der Waals surface area contributed by atoms with Gasteiger partial charge < -0.3 is 10.1 Å². The molecule has 0 atom stereocenters. The number of hydrogen-bond donors (Lipinski definition) is 1. The second-order valence-corrected chi connectivity index (χ2v) is 3.81. The van der Waals surface area contributed by atoms with Crippen LogP contribution in [-0.4, -0.2) is 0 Å². The summed E-state index contributed by atoms with van der Waals surface area (Å²) in [4.78, 5) is 0. The Balaban J connectivity index is 1.88. The van der Waals surface area contributed by atoms with E-state index in [4.69, 9.17) is 4.74 Å². The van der Waals surface area contributed by atoms with Crippen molar-refractivity contribution in [3.8, 4) is 5.75 Å². The number of para-hydroxylation sites is 1. The molecule has 1 N–H and O–H groups in total. The summed E-state index contributed by atoms with van der Waals surface area (Å²) >= 11 is 0. The Morgan fingerprint density at radius 3 is 2.47 bits per heavy atom. The summed E-state index contributed by atoms with van der Waals surface area (Å²) in [5.74, 6) is 0.833. The van der Waals surface area contributed by atoms with E-state index >= 15 is 0 Å². The highest BCUT2D eigenvalue weighted by atomic mass is 16.5. The molecule has 1 radical (unpaired) electrons. The lowest BCUT2D eigenvalue weighted by atomic mass is 10.0. The maximum Gasteiger partial charge on any atom is 0.270 e. The van der Waals surface area contributed by atoms with Crippen molar-refractivity contribution in [3.63, 3.8) is 0 Å². The van der Waals surface area contributed by atoms with Gasteiger partial charge in [0.1, 0.15) is 5.75 Å². The highest BCUT2D eigenvalue weighted by Crippen LogP contribution is 2.25. The molecule has 0 saturated carbocycles. The Morgan fingerprint density at radius 2 is 1.59 bits per heavy atom. The molecule has 2 nitrogen and oxygen atoms in total. The zero-order valence-electron chi connectivity index (χ0n) is 9.26. The van der Waals surface area contributed by atoms with Crippen LogP contribution in [0.4, 0.5) is 0 Å². The lowest BCUT2D eigenvalue weighted by molar-refractivity contribution is 0.324. The van der Waals surface area contributed by atoms with Gasteiger partial charge in [-0.15, -0.1) is 0 Å². The Labute approximate surface area is 101 Å². The second kappa shape index (κ2) is 4.34. The van der Waals surface area contributed by atoms with Crippen molar-refractivity contribution >= 4 is 6.08 Å². The first-order valence-electron chi connectivity index (χ1n) is 5.56. The monoisotopic (exact) mass is 222 g/mol. The summed E-state index contributed by atoms with van der Waals surface area (Å²) in [6.45, 7) is 0. The third kappa shape index (κ3) is 2.02. The van der Waals surface area contributed by atoms with E-state index in [1.807, 2.05) is 60.8 Å². The Morgan fingerprint density at radius 1 is 0.824 bits per heavy atom. The molecule has 3 rings (SSSR count). The van der Waals surface area contributed by atoms with Crippen LogP contribution in [0.1, 0.15) is 11.1 Å². The van der Waals surface area contributed by atoms with E-state index in [-0.39, 0.29) is 0 Å². The van der Waals surface area contributed by atoms with Crippen molar-refractivity contribution in [2.24, 2.45) is 0 Å². The number of fused-ring (bicyclic) bond motifs is 1. The van der Waals surface area contributed by atoms with Crippen LogP contribution in [0.2, 0.25) is 0 Å². The van der Waals surface area contributed by atoms with Gasteiger partial charge in [0.25, 0.3) is 6.23 Å². The minimum atomic E-state index is 0.773. The van der Waals surface area contributed by atoms with E-state index in [2.05, 4.69) is 11.4 Å². The van der Waals surface area contributed by atoms with Crippen molar-refractivity contribution in [2.45, 2.75) is 0 Å². The zero-order valence-corrected chi connectivity index (χ0v) is 9.26. The normalized spacial score (nSPS) is 13.9. The predicted octanol–water partition coefficient (Wildman–Crippen LogP) is 3.18. The van der Waals surface area contributed by atoms with E-state index in [0.29, 0.717) is 0 Å². The molecule has 0 bridgehead atoms. The van der Waals surface area contributed by atoms with Crippen molar-refractivity contribution in [3.05, 3.63) is 78.2 Å². The van der Waals surface area contributed by atoms with Gasteiger partial charge in [0.15, 0.2) is 0 Å². The van der Waals surface area contributed by atoms with Crippen LogP contribution < -0.4 is 10.1 Å². The van der Waals surface area contributed by atoms with Crippen LogP contribution in [0.15, 0.2) is 60.8 Å². The molecule has 0 fully saturated rings. The minimum absolute atomic E-state index is 0.773. The Hall–Kier alpha value is -2.22. The van der Waals surface area contributed by atoms with Gasteiger partial charge in [0.05, 0.1) is 0 Å². The topological polar surface area (TPSA) is 21.3 Å².